The van der Waals surface area contributed by atoms with Gasteiger partial charge in [-0.3, -0.25) is 14.3 Å². The fourth-order valence-corrected chi connectivity index (χ4v) is 7.95. The van der Waals surface area contributed by atoms with E-state index in [1.165, 1.54) is 4.90 Å². The van der Waals surface area contributed by atoms with E-state index in [1.807, 2.05) is 30.4 Å². The van der Waals surface area contributed by atoms with Crippen molar-refractivity contribution in [1.82, 2.24) is 34.6 Å². The van der Waals surface area contributed by atoms with Gasteiger partial charge in [0.05, 0.1) is 18.9 Å². The van der Waals surface area contributed by atoms with Gasteiger partial charge in [0, 0.05) is 43.7 Å². The molecule has 7 rings (SSSR count). The number of amides is 4. The molecule has 0 spiro atoms. The molecule has 15 heteroatoms. The molecule has 0 bridgehead atoms. The summed E-state index contributed by atoms with van der Waals surface area (Å²) in [7, 11) is -0.538. The summed E-state index contributed by atoms with van der Waals surface area (Å²) in [5.41, 5.74) is -1.42. The maximum absolute atomic E-state index is 14.1. The van der Waals surface area contributed by atoms with Crippen LogP contribution in [-0.4, -0.2) is 101 Å². The first-order valence-corrected chi connectivity index (χ1v) is 17.8. The monoisotopic (exact) mass is 677 g/mol. The molecule has 4 unspecified atom stereocenters. The molecule has 2 N–H and O–H groups in total. The minimum absolute atomic E-state index is 0.102. The van der Waals surface area contributed by atoms with Gasteiger partial charge in [-0.05, 0) is 74.2 Å². The molecule has 254 valence electrons. The van der Waals surface area contributed by atoms with Gasteiger partial charge in [0.15, 0.2) is 5.82 Å². The van der Waals surface area contributed by atoms with Gasteiger partial charge in [0.1, 0.15) is 23.4 Å². The lowest BCUT2D eigenvalue weighted by molar-refractivity contribution is -0.131. The van der Waals surface area contributed by atoms with E-state index in [0.717, 1.165) is 24.6 Å². The average molecular weight is 678 g/mol. The van der Waals surface area contributed by atoms with Gasteiger partial charge < -0.3 is 24.6 Å². The number of benzene rings is 1. The molecule has 1 aromatic carbocycles. The number of methoxy groups -OCH3 is 1. The molecule has 14 nitrogen and oxygen atoms in total. The predicted molar refractivity (Wildman–Crippen MR) is 175 cm³/mol. The number of sulfonamides is 1. The van der Waals surface area contributed by atoms with Crippen molar-refractivity contribution in [3.8, 4) is 17.4 Å². The van der Waals surface area contributed by atoms with Crippen molar-refractivity contribution in [2.45, 2.75) is 67.9 Å². The summed E-state index contributed by atoms with van der Waals surface area (Å²) in [5.74, 6) is -0.162. The van der Waals surface area contributed by atoms with E-state index < -0.39 is 44.8 Å². The molecule has 3 aromatic rings. The highest BCUT2D eigenvalue weighted by molar-refractivity contribution is 7.91. The Morgan fingerprint density at radius 3 is 2.75 bits per heavy atom. The molecule has 4 amide bonds. The lowest BCUT2D eigenvalue weighted by Crippen LogP contribution is -2.57. The van der Waals surface area contributed by atoms with Crippen LogP contribution in [0.1, 0.15) is 44.9 Å². The van der Waals surface area contributed by atoms with Crippen molar-refractivity contribution in [3.63, 3.8) is 0 Å². The molecule has 2 saturated carbocycles. The second-order valence-electron chi connectivity index (χ2n) is 13.0. The first kappa shape index (κ1) is 31.9. The van der Waals surface area contributed by atoms with E-state index in [1.54, 1.807) is 48.3 Å². The number of allylic oxidation sites excluding steroid dienone is 1. The number of pyridine rings is 1. The number of ether oxygens (including phenoxy) is 2. The second kappa shape index (κ2) is 12.4. The Hall–Kier alpha value is -4.66. The van der Waals surface area contributed by atoms with Gasteiger partial charge in [-0.15, -0.1) is 0 Å². The average Bonchev–Trinajstić information content (AvgIpc) is 3.93. The topological polar surface area (TPSA) is 165 Å². The molecule has 48 heavy (non-hydrogen) atoms. The highest BCUT2D eigenvalue weighted by Crippen LogP contribution is 2.46. The summed E-state index contributed by atoms with van der Waals surface area (Å²) in [4.78, 5) is 49.3. The van der Waals surface area contributed by atoms with E-state index >= 15 is 0 Å². The summed E-state index contributed by atoms with van der Waals surface area (Å²) in [6.07, 6.45) is 10.4. The standard InChI is InChI=1S/C33H39N7O7S/c1-38-14-6-4-3-5-8-22-19-33(22,31(42)37-48(44,45)25-10-11-25)36-29(41)27-18-24(20-39(27)32(38)43)47-30-26-12-9-23(46-2)16-21(26)17-28(35-30)40-15-7-13-34-40/h5,7-9,12-13,15-17,22,24-25,27H,3-4,6,10-11,14,18-20H2,1-2H3,(H,36,41)(H,37,42)/b8-5-. The summed E-state index contributed by atoms with van der Waals surface area (Å²) in [6, 6.07) is 7.88. The zero-order valence-corrected chi connectivity index (χ0v) is 27.7. The number of aromatic nitrogens is 3. The number of nitrogens with zero attached hydrogens (tertiary/aromatic N) is 5. The Bertz CT molecular complexity index is 1880. The highest BCUT2D eigenvalue weighted by Gasteiger charge is 2.62. The first-order valence-electron chi connectivity index (χ1n) is 16.3. The number of nitrogens with one attached hydrogen (secondary N) is 2. The third kappa shape index (κ3) is 6.18. The zero-order valence-electron chi connectivity index (χ0n) is 26.9. The number of carbonyl (C=O) groups is 3. The van der Waals surface area contributed by atoms with Gasteiger partial charge in [-0.1, -0.05) is 12.2 Å². The van der Waals surface area contributed by atoms with Crippen molar-refractivity contribution >= 4 is 38.6 Å². The number of fused-ring (bicyclic) bond motifs is 3. The van der Waals surface area contributed by atoms with Gasteiger partial charge in [0.25, 0.3) is 5.91 Å². The van der Waals surface area contributed by atoms with Crippen molar-refractivity contribution in [2.24, 2.45) is 5.92 Å². The van der Waals surface area contributed by atoms with Crippen LogP contribution >= 0.6 is 0 Å². The normalized spacial score (nSPS) is 27.0. The molecular weight excluding hydrogens is 638 g/mol. The van der Waals surface area contributed by atoms with Crippen LogP contribution < -0.4 is 19.5 Å². The smallest absolute Gasteiger partial charge is 0.320 e. The zero-order chi connectivity index (χ0) is 33.6. The lowest BCUT2D eigenvalue weighted by atomic mass is 10.1. The molecule has 0 radical (unpaired) electrons. The van der Waals surface area contributed by atoms with Crippen molar-refractivity contribution < 1.29 is 32.3 Å². The fourth-order valence-electron chi connectivity index (χ4n) is 6.58. The summed E-state index contributed by atoms with van der Waals surface area (Å²) in [5, 5.41) is 8.13. The summed E-state index contributed by atoms with van der Waals surface area (Å²) >= 11 is 0. The van der Waals surface area contributed by atoms with Crippen molar-refractivity contribution in [2.75, 3.05) is 27.2 Å². The molecular formula is C33H39N7O7S. The van der Waals surface area contributed by atoms with Crippen LogP contribution in [0.25, 0.3) is 16.6 Å². The molecule has 2 aliphatic carbocycles. The van der Waals surface area contributed by atoms with Crippen LogP contribution in [0.2, 0.25) is 0 Å². The van der Waals surface area contributed by atoms with E-state index in [-0.39, 0.29) is 31.3 Å². The van der Waals surface area contributed by atoms with Gasteiger partial charge in [-0.25, -0.2) is 17.9 Å². The van der Waals surface area contributed by atoms with E-state index in [9.17, 15) is 22.8 Å². The first-order chi connectivity index (χ1) is 23.1. The molecule has 4 heterocycles. The van der Waals surface area contributed by atoms with E-state index in [4.69, 9.17) is 14.5 Å². The highest BCUT2D eigenvalue weighted by atomic mass is 32.2. The van der Waals surface area contributed by atoms with Crippen LogP contribution in [0.15, 0.2) is 54.9 Å². The molecule has 4 aliphatic rings. The van der Waals surface area contributed by atoms with Crippen LogP contribution in [0, 0.1) is 5.92 Å². The van der Waals surface area contributed by atoms with Crippen LogP contribution in [0.5, 0.6) is 11.6 Å². The van der Waals surface area contributed by atoms with E-state index in [0.29, 0.717) is 42.2 Å². The maximum Gasteiger partial charge on any atom is 0.320 e. The number of hydrogen-bond acceptors (Lipinski definition) is 9. The quantitative estimate of drug-likeness (QED) is 0.358. The SMILES string of the molecule is COc1ccc2c(OC3CC4C(=O)NC5(C(=O)NS(=O)(=O)C6CC6)CC5/C=C\CCCCN(C)C(=O)N4C3)nc(-n3cccn3)cc2c1. The van der Waals surface area contributed by atoms with Crippen molar-refractivity contribution in [1.29, 1.82) is 0 Å². The second-order valence-corrected chi connectivity index (χ2v) is 15.0. The molecule has 4 atom stereocenters. The molecule has 1 saturated heterocycles. The molecule has 3 fully saturated rings. The van der Waals surface area contributed by atoms with Crippen LogP contribution in [0.3, 0.4) is 0 Å². The number of rotatable bonds is 7. The Balaban J connectivity index is 1.19. The largest absolute Gasteiger partial charge is 0.497 e. The van der Waals surface area contributed by atoms with Gasteiger partial charge >= 0.3 is 6.03 Å². The maximum atomic E-state index is 14.1. The fraction of sp³-hybridized carbons (Fsp3) is 0.485. The Morgan fingerprint density at radius 1 is 1.17 bits per heavy atom. The number of urea groups is 1. The lowest BCUT2D eigenvalue weighted by Gasteiger charge is -2.30. The third-order valence-electron chi connectivity index (χ3n) is 9.59. The van der Waals surface area contributed by atoms with Crippen LogP contribution in [0.4, 0.5) is 4.79 Å². The Kier molecular flexibility index (Phi) is 8.26. The Labute approximate surface area is 278 Å². The van der Waals surface area contributed by atoms with Gasteiger partial charge in [-0.2, -0.15) is 10.1 Å². The minimum atomic E-state index is -3.83. The third-order valence-corrected chi connectivity index (χ3v) is 11.4. The predicted octanol–water partition coefficient (Wildman–Crippen LogP) is 2.53. The van der Waals surface area contributed by atoms with E-state index in [2.05, 4.69) is 15.1 Å². The minimum Gasteiger partial charge on any atom is -0.497 e. The van der Waals surface area contributed by atoms with Crippen molar-refractivity contribution in [3.05, 3.63) is 54.9 Å². The number of carbonyl (C=O) groups excluding carboxylic acids is 3. The van der Waals surface area contributed by atoms with Crippen LogP contribution in [-0.2, 0) is 19.6 Å². The molecule has 2 aliphatic heterocycles. The summed E-state index contributed by atoms with van der Waals surface area (Å²) < 4.78 is 41.2. The Morgan fingerprint density at radius 2 is 2.00 bits per heavy atom. The molecule has 2 aromatic heterocycles. The summed E-state index contributed by atoms with van der Waals surface area (Å²) in [6.45, 7) is 0.614. The van der Waals surface area contributed by atoms with Gasteiger partial charge in [0.2, 0.25) is 21.8 Å². The number of hydrogen-bond donors (Lipinski definition) is 2.